The molecule has 2 N–H and O–H groups in total. The normalized spacial score (nSPS) is 19.2. The molecule has 1 unspecified atom stereocenters. The molecule has 1 saturated heterocycles. The number of nitrogens with two attached hydrogens (primary N) is 1. The Hall–Kier alpha value is -0.900. The van der Waals surface area contributed by atoms with Crippen molar-refractivity contribution in [3.05, 3.63) is 35.4 Å². The molecule has 0 spiro atoms. The summed E-state index contributed by atoms with van der Waals surface area (Å²) in [6, 6.07) is 9.05. The van der Waals surface area contributed by atoms with Crippen LogP contribution in [0, 0.1) is 0 Å². The van der Waals surface area contributed by atoms with Crippen molar-refractivity contribution in [3.8, 4) is 0 Å². The molecular weight excluding hydrogens is 212 g/mol. The summed E-state index contributed by atoms with van der Waals surface area (Å²) in [6.45, 7) is 6.89. The molecule has 0 aliphatic carbocycles. The first-order valence-electron chi connectivity index (χ1n) is 6.37. The maximum absolute atomic E-state index is 5.79. The van der Waals surface area contributed by atoms with E-state index in [0.717, 1.165) is 39.3 Å². The zero-order valence-electron chi connectivity index (χ0n) is 10.6. The molecule has 1 aliphatic rings. The van der Waals surface area contributed by atoms with E-state index < -0.39 is 0 Å². The largest absolute Gasteiger partial charge is 0.379 e. The van der Waals surface area contributed by atoms with Crippen molar-refractivity contribution in [3.63, 3.8) is 0 Å². The number of rotatable bonds is 4. The number of hydrogen-bond donors (Lipinski definition) is 1. The number of morpholine rings is 1. The van der Waals surface area contributed by atoms with Gasteiger partial charge in [-0.3, -0.25) is 4.90 Å². The van der Waals surface area contributed by atoms with Crippen molar-refractivity contribution >= 4 is 0 Å². The molecule has 3 heteroatoms. The summed E-state index contributed by atoms with van der Waals surface area (Å²) in [5.74, 6) is 0. The molecule has 2 rings (SSSR count). The van der Waals surface area contributed by atoms with Crippen LogP contribution in [0.3, 0.4) is 0 Å². The fourth-order valence-corrected chi connectivity index (χ4v) is 2.17. The molecule has 1 aliphatic heterocycles. The van der Waals surface area contributed by atoms with E-state index in [1.165, 1.54) is 11.1 Å². The van der Waals surface area contributed by atoms with Gasteiger partial charge in [0.25, 0.3) is 0 Å². The topological polar surface area (TPSA) is 38.5 Å². The average Bonchev–Trinajstić information content (AvgIpc) is 2.32. The van der Waals surface area contributed by atoms with Crippen molar-refractivity contribution in [1.29, 1.82) is 0 Å². The van der Waals surface area contributed by atoms with E-state index in [0.29, 0.717) is 0 Å². The Kier molecular flexibility index (Phi) is 4.54. The predicted molar refractivity (Wildman–Crippen MR) is 69.9 cm³/mol. The van der Waals surface area contributed by atoms with Crippen molar-refractivity contribution in [1.82, 2.24) is 4.90 Å². The lowest BCUT2D eigenvalue weighted by Crippen LogP contribution is -2.35. The van der Waals surface area contributed by atoms with Crippen LogP contribution in [0.25, 0.3) is 0 Å². The molecule has 0 bridgehead atoms. The zero-order valence-corrected chi connectivity index (χ0v) is 10.6. The Balaban J connectivity index is 1.88. The molecule has 94 valence electrons. The van der Waals surface area contributed by atoms with Crippen molar-refractivity contribution < 1.29 is 4.74 Å². The maximum Gasteiger partial charge on any atom is 0.0594 e. The highest BCUT2D eigenvalue weighted by Gasteiger charge is 2.10. The molecule has 1 fully saturated rings. The van der Waals surface area contributed by atoms with Gasteiger partial charge in [0.05, 0.1) is 13.2 Å². The lowest BCUT2D eigenvalue weighted by molar-refractivity contribution is 0.0342. The van der Waals surface area contributed by atoms with Gasteiger partial charge in [0.15, 0.2) is 0 Å². The van der Waals surface area contributed by atoms with Gasteiger partial charge in [0, 0.05) is 25.7 Å². The first-order valence-corrected chi connectivity index (χ1v) is 6.37. The Morgan fingerprint density at radius 1 is 1.18 bits per heavy atom. The maximum atomic E-state index is 5.79. The van der Waals surface area contributed by atoms with Crippen LogP contribution >= 0.6 is 0 Å². The van der Waals surface area contributed by atoms with Gasteiger partial charge in [0.2, 0.25) is 0 Å². The highest BCUT2D eigenvalue weighted by atomic mass is 16.5. The smallest absolute Gasteiger partial charge is 0.0594 e. The van der Waals surface area contributed by atoms with Crippen LogP contribution in [0.5, 0.6) is 0 Å². The Bertz CT molecular complexity index is 329. The van der Waals surface area contributed by atoms with Crippen LogP contribution in [-0.2, 0) is 17.7 Å². The minimum Gasteiger partial charge on any atom is -0.379 e. The summed E-state index contributed by atoms with van der Waals surface area (Å²) in [5.41, 5.74) is 8.49. The molecule has 0 amide bonds. The van der Waals surface area contributed by atoms with E-state index in [-0.39, 0.29) is 6.04 Å². The monoisotopic (exact) mass is 234 g/mol. The molecule has 0 saturated carbocycles. The van der Waals surface area contributed by atoms with Crippen molar-refractivity contribution in [2.24, 2.45) is 5.73 Å². The number of benzene rings is 1. The quantitative estimate of drug-likeness (QED) is 0.856. The molecule has 1 atom stereocenters. The van der Waals surface area contributed by atoms with E-state index in [1.54, 1.807) is 0 Å². The Morgan fingerprint density at radius 2 is 1.76 bits per heavy atom. The second-order valence-electron chi connectivity index (χ2n) is 4.89. The van der Waals surface area contributed by atoms with Gasteiger partial charge in [-0.25, -0.2) is 0 Å². The van der Waals surface area contributed by atoms with Gasteiger partial charge in [-0.15, -0.1) is 0 Å². The number of ether oxygens (including phenoxy) is 1. The first kappa shape index (κ1) is 12.6. The summed E-state index contributed by atoms with van der Waals surface area (Å²) in [4.78, 5) is 2.43. The van der Waals surface area contributed by atoms with Crippen LogP contribution in [-0.4, -0.2) is 37.2 Å². The first-order chi connectivity index (χ1) is 8.24. The lowest BCUT2D eigenvalue weighted by atomic mass is 10.1. The lowest BCUT2D eigenvalue weighted by Gasteiger charge is -2.26. The van der Waals surface area contributed by atoms with Gasteiger partial charge in [-0.1, -0.05) is 24.3 Å². The van der Waals surface area contributed by atoms with Crippen LogP contribution < -0.4 is 5.73 Å². The molecule has 1 heterocycles. The molecular formula is C14H22N2O. The minimum atomic E-state index is 0.236. The van der Waals surface area contributed by atoms with Crippen molar-refractivity contribution in [2.75, 3.05) is 26.3 Å². The van der Waals surface area contributed by atoms with Gasteiger partial charge < -0.3 is 10.5 Å². The third-order valence-corrected chi connectivity index (χ3v) is 3.09. The van der Waals surface area contributed by atoms with E-state index >= 15 is 0 Å². The summed E-state index contributed by atoms with van der Waals surface area (Å²) >= 11 is 0. The van der Waals surface area contributed by atoms with Crippen LogP contribution in [0.15, 0.2) is 24.3 Å². The third-order valence-electron chi connectivity index (χ3n) is 3.09. The molecule has 1 aromatic carbocycles. The molecule has 0 radical (unpaired) electrons. The van der Waals surface area contributed by atoms with Crippen LogP contribution in [0.1, 0.15) is 18.1 Å². The van der Waals surface area contributed by atoms with Crippen LogP contribution in [0.4, 0.5) is 0 Å². The Morgan fingerprint density at radius 3 is 2.35 bits per heavy atom. The summed E-state index contributed by atoms with van der Waals surface area (Å²) in [7, 11) is 0. The summed E-state index contributed by atoms with van der Waals surface area (Å²) < 4.78 is 5.34. The standard InChI is InChI=1S/C14H22N2O/c1-12(15)10-13-2-4-14(5-3-13)11-16-6-8-17-9-7-16/h2-5,12H,6-11,15H2,1H3. The van der Waals surface area contributed by atoms with E-state index in [2.05, 4.69) is 29.2 Å². The Labute approximate surface area is 104 Å². The van der Waals surface area contributed by atoms with E-state index in [4.69, 9.17) is 10.5 Å². The summed E-state index contributed by atoms with van der Waals surface area (Å²) in [6.07, 6.45) is 0.956. The number of nitrogens with zero attached hydrogens (tertiary/aromatic N) is 1. The molecule has 3 nitrogen and oxygen atoms in total. The highest BCUT2D eigenvalue weighted by molar-refractivity contribution is 5.23. The minimum absolute atomic E-state index is 0.236. The van der Waals surface area contributed by atoms with Gasteiger partial charge >= 0.3 is 0 Å². The zero-order chi connectivity index (χ0) is 12.1. The van der Waals surface area contributed by atoms with Gasteiger partial charge in [0.1, 0.15) is 0 Å². The van der Waals surface area contributed by atoms with E-state index in [1.807, 2.05) is 6.92 Å². The second kappa shape index (κ2) is 6.15. The van der Waals surface area contributed by atoms with E-state index in [9.17, 15) is 0 Å². The SMILES string of the molecule is CC(N)Cc1ccc(CN2CCOCC2)cc1. The van der Waals surface area contributed by atoms with Crippen LogP contribution in [0.2, 0.25) is 0 Å². The third kappa shape index (κ3) is 4.11. The average molecular weight is 234 g/mol. The molecule has 0 aromatic heterocycles. The summed E-state index contributed by atoms with van der Waals surface area (Å²) in [5, 5.41) is 0. The predicted octanol–water partition coefficient (Wildman–Crippen LogP) is 1.41. The fourth-order valence-electron chi connectivity index (χ4n) is 2.17. The second-order valence-corrected chi connectivity index (χ2v) is 4.89. The number of hydrogen-bond acceptors (Lipinski definition) is 3. The highest BCUT2D eigenvalue weighted by Crippen LogP contribution is 2.10. The van der Waals surface area contributed by atoms with Gasteiger partial charge in [-0.05, 0) is 24.5 Å². The fraction of sp³-hybridized carbons (Fsp3) is 0.571. The molecule has 17 heavy (non-hydrogen) atoms. The molecule has 1 aromatic rings. The van der Waals surface area contributed by atoms with Gasteiger partial charge in [-0.2, -0.15) is 0 Å². The van der Waals surface area contributed by atoms with Crippen molar-refractivity contribution in [2.45, 2.75) is 25.9 Å².